The van der Waals surface area contributed by atoms with Crippen LogP contribution >= 0.6 is 0 Å². The number of carbonyl (C=O) groups is 2. The van der Waals surface area contributed by atoms with Gasteiger partial charge in [0.05, 0.1) is 17.7 Å². The van der Waals surface area contributed by atoms with Crippen LogP contribution in [0, 0.1) is 5.82 Å². The van der Waals surface area contributed by atoms with Crippen molar-refractivity contribution in [1.82, 2.24) is 10.0 Å². The van der Waals surface area contributed by atoms with E-state index in [2.05, 4.69) is 10.1 Å². The SMILES string of the molecule is O=C(COC(=O)CNS(=O)(=O)c1ccc(F)cc1)NCc1ccco1. The van der Waals surface area contributed by atoms with E-state index in [-0.39, 0.29) is 11.4 Å². The second-order valence-corrected chi connectivity index (χ2v) is 6.56. The first-order valence-corrected chi connectivity index (χ1v) is 8.55. The standard InChI is InChI=1S/C15H15FN2O6S/c16-11-3-5-13(6-4-11)25(21,22)18-9-15(20)24-10-14(19)17-8-12-2-1-7-23-12/h1-7,18H,8-10H2,(H,17,19). The van der Waals surface area contributed by atoms with Crippen LogP contribution in [0.2, 0.25) is 0 Å². The predicted molar refractivity (Wildman–Crippen MR) is 83.1 cm³/mol. The molecule has 2 N–H and O–H groups in total. The highest BCUT2D eigenvalue weighted by molar-refractivity contribution is 7.89. The quantitative estimate of drug-likeness (QED) is 0.656. The van der Waals surface area contributed by atoms with Crippen molar-refractivity contribution in [1.29, 1.82) is 0 Å². The third-order valence-electron chi connectivity index (χ3n) is 2.93. The fourth-order valence-electron chi connectivity index (χ4n) is 1.70. The Balaban J connectivity index is 1.72. The van der Waals surface area contributed by atoms with Crippen LogP contribution in [-0.4, -0.2) is 33.4 Å². The highest BCUT2D eigenvalue weighted by atomic mass is 32.2. The molecule has 0 aliphatic rings. The number of furan rings is 1. The lowest BCUT2D eigenvalue weighted by Crippen LogP contribution is -2.33. The van der Waals surface area contributed by atoms with Gasteiger partial charge in [-0.25, -0.2) is 12.8 Å². The van der Waals surface area contributed by atoms with Gasteiger partial charge in [-0.05, 0) is 36.4 Å². The van der Waals surface area contributed by atoms with Crippen molar-refractivity contribution in [2.45, 2.75) is 11.4 Å². The lowest BCUT2D eigenvalue weighted by atomic mass is 10.4. The van der Waals surface area contributed by atoms with Gasteiger partial charge in [-0.2, -0.15) is 4.72 Å². The molecule has 0 spiro atoms. The summed E-state index contributed by atoms with van der Waals surface area (Å²) in [5.41, 5.74) is 0. The molecule has 0 fully saturated rings. The van der Waals surface area contributed by atoms with Crippen LogP contribution in [0.25, 0.3) is 0 Å². The van der Waals surface area contributed by atoms with Gasteiger partial charge >= 0.3 is 5.97 Å². The maximum atomic E-state index is 12.8. The van der Waals surface area contributed by atoms with Gasteiger partial charge in [0, 0.05) is 0 Å². The van der Waals surface area contributed by atoms with Crippen LogP contribution in [0.3, 0.4) is 0 Å². The number of esters is 1. The van der Waals surface area contributed by atoms with E-state index in [0.717, 1.165) is 24.3 Å². The van der Waals surface area contributed by atoms with Crippen molar-refractivity contribution in [2.24, 2.45) is 0 Å². The molecule has 1 heterocycles. The van der Waals surface area contributed by atoms with Gasteiger partial charge in [-0.3, -0.25) is 9.59 Å². The van der Waals surface area contributed by atoms with Gasteiger partial charge in [0.2, 0.25) is 10.0 Å². The van der Waals surface area contributed by atoms with Crippen molar-refractivity contribution in [2.75, 3.05) is 13.2 Å². The van der Waals surface area contributed by atoms with E-state index in [0.29, 0.717) is 5.76 Å². The molecule has 1 aromatic carbocycles. The fraction of sp³-hybridized carbons (Fsp3) is 0.200. The Hall–Kier alpha value is -2.72. The second kappa shape index (κ2) is 8.40. The maximum Gasteiger partial charge on any atom is 0.321 e. The molecule has 0 aliphatic heterocycles. The van der Waals surface area contributed by atoms with Crippen molar-refractivity contribution in [3.05, 3.63) is 54.2 Å². The van der Waals surface area contributed by atoms with Crippen LogP contribution in [-0.2, 0) is 30.9 Å². The van der Waals surface area contributed by atoms with Gasteiger partial charge < -0.3 is 14.5 Å². The monoisotopic (exact) mass is 370 g/mol. The summed E-state index contributed by atoms with van der Waals surface area (Å²) in [6.45, 7) is -1.08. The first-order chi connectivity index (χ1) is 11.9. The minimum Gasteiger partial charge on any atom is -0.467 e. The predicted octanol–water partition coefficient (Wildman–Crippen LogP) is 0.557. The summed E-state index contributed by atoms with van der Waals surface area (Å²) in [6.07, 6.45) is 1.45. The van der Waals surface area contributed by atoms with Crippen molar-refractivity contribution in [3.8, 4) is 0 Å². The van der Waals surface area contributed by atoms with E-state index >= 15 is 0 Å². The first kappa shape index (κ1) is 18.6. The molecule has 0 saturated heterocycles. The number of sulfonamides is 1. The lowest BCUT2D eigenvalue weighted by Gasteiger charge is -2.07. The Labute approximate surface area is 143 Å². The number of carbonyl (C=O) groups excluding carboxylic acids is 2. The normalized spacial score (nSPS) is 11.1. The number of amides is 1. The number of hydrogen-bond donors (Lipinski definition) is 2. The molecule has 2 rings (SSSR count). The summed E-state index contributed by atoms with van der Waals surface area (Å²) >= 11 is 0. The molecular weight excluding hydrogens is 355 g/mol. The van der Waals surface area contributed by atoms with Crippen LogP contribution in [0.4, 0.5) is 4.39 Å². The minimum atomic E-state index is -3.98. The highest BCUT2D eigenvalue weighted by Crippen LogP contribution is 2.09. The van der Waals surface area contributed by atoms with Crippen LogP contribution < -0.4 is 10.0 Å². The molecular formula is C15H15FN2O6S. The Bertz CT molecular complexity index is 818. The third kappa shape index (κ3) is 6.01. The number of benzene rings is 1. The third-order valence-corrected chi connectivity index (χ3v) is 4.35. The average Bonchev–Trinajstić information content (AvgIpc) is 3.10. The number of nitrogens with one attached hydrogen (secondary N) is 2. The number of rotatable bonds is 8. The van der Waals surface area contributed by atoms with E-state index < -0.39 is 40.9 Å². The Kier molecular flexibility index (Phi) is 6.25. The Morgan fingerprint density at radius 3 is 2.52 bits per heavy atom. The van der Waals surface area contributed by atoms with Crippen molar-refractivity contribution in [3.63, 3.8) is 0 Å². The topological polar surface area (TPSA) is 115 Å². The van der Waals surface area contributed by atoms with Gasteiger partial charge in [-0.15, -0.1) is 0 Å². The molecule has 8 nitrogen and oxygen atoms in total. The summed E-state index contributed by atoms with van der Waals surface area (Å²) in [5.74, 6) is -1.55. The largest absolute Gasteiger partial charge is 0.467 e. The fourth-order valence-corrected chi connectivity index (χ4v) is 2.67. The molecule has 0 atom stereocenters. The molecule has 0 radical (unpaired) electrons. The molecule has 0 aliphatic carbocycles. The lowest BCUT2D eigenvalue weighted by molar-refractivity contribution is -0.147. The molecule has 25 heavy (non-hydrogen) atoms. The molecule has 0 saturated carbocycles. The van der Waals surface area contributed by atoms with Gasteiger partial charge in [0.25, 0.3) is 5.91 Å². The highest BCUT2D eigenvalue weighted by Gasteiger charge is 2.16. The van der Waals surface area contributed by atoms with E-state index in [1.54, 1.807) is 12.1 Å². The summed E-state index contributed by atoms with van der Waals surface area (Å²) in [5, 5.41) is 2.46. The molecule has 10 heteroatoms. The van der Waals surface area contributed by atoms with Crippen LogP contribution in [0.15, 0.2) is 52.0 Å². The minimum absolute atomic E-state index is 0.139. The van der Waals surface area contributed by atoms with Crippen molar-refractivity contribution >= 4 is 21.9 Å². The molecule has 0 unspecified atom stereocenters. The van der Waals surface area contributed by atoms with Gasteiger partial charge in [0.1, 0.15) is 18.1 Å². The van der Waals surface area contributed by atoms with Crippen molar-refractivity contribution < 1.29 is 31.6 Å². The van der Waals surface area contributed by atoms with E-state index in [9.17, 15) is 22.4 Å². The molecule has 134 valence electrons. The summed E-state index contributed by atoms with van der Waals surface area (Å²) in [4.78, 5) is 22.8. The summed E-state index contributed by atoms with van der Waals surface area (Å²) in [7, 11) is -3.98. The first-order valence-electron chi connectivity index (χ1n) is 7.07. The van der Waals surface area contributed by atoms with Crippen LogP contribution in [0.1, 0.15) is 5.76 Å². The van der Waals surface area contributed by atoms with Crippen LogP contribution in [0.5, 0.6) is 0 Å². The van der Waals surface area contributed by atoms with Gasteiger partial charge in [-0.1, -0.05) is 0 Å². The number of ether oxygens (including phenoxy) is 1. The zero-order chi connectivity index (χ0) is 18.3. The Morgan fingerprint density at radius 2 is 1.88 bits per heavy atom. The molecule has 1 amide bonds. The average molecular weight is 370 g/mol. The van der Waals surface area contributed by atoms with E-state index in [1.165, 1.54) is 6.26 Å². The smallest absolute Gasteiger partial charge is 0.321 e. The number of halogens is 1. The van der Waals surface area contributed by atoms with E-state index in [4.69, 9.17) is 4.42 Å². The summed E-state index contributed by atoms with van der Waals surface area (Å²) < 4.78 is 48.2. The number of hydrogen-bond acceptors (Lipinski definition) is 6. The molecule has 1 aromatic heterocycles. The maximum absolute atomic E-state index is 12.8. The van der Waals surface area contributed by atoms with E-state index in [1.807, 2.05) is 4.72 Å². The van der Waals surface area contributed by atoms with Gasteiger partial charge in [0.15, 0.2) is 6.61 Å². The zero-order valence-electron chi connectivity index (χ0n) is 12.9. The summed E-state index contributed by atoms with van der Waals surface area (Å²) in [6, 6.07) is 7.41. The Morgan fingerprint density at radius 1 is 1.16 bits per heavy atom. The second-order valence-electron chi connectivity index (χ2n) is 4.80. The zero-order valence-corrected chi connectivity index (χ0v) is 13.7. The molecule has 0 bridgehead atoms. The molecule has 2 aromatic rings.